The van der Waals surface area contributed by atoms with Gasteiger partial charge in [-0.3, -0.25) is 4.90 Å². The van der Waals surface area contributed by atoms with E-state index in [9.17, 15) is 5.11 Å². The van der Waals surface area contributed by atoms with Gasteiger partial charge >= 0.3 is 0 Å². The van der Waals surface area contributed by atoms with Gasteiger partial charge in [0.1, 0.15) is 0 Å². The monoisotopic (exact) mass is 240 g/mol. The Hall–Kier alpha value is -0.770. The van der Waals surface area contributed by atoms with Gasteiger partial charge in [0.2, 0.25) is 0 Å². The molecule has 1 aliphatic rings. The molecule has 1 aromatic rings. The van der Waals surface area contributed by atoms with Gasteiger partial charge in [-0.1, -0.05) is 6.07 Å². The lowest BCUT2D eigenvalue weighted by Crippen LogP contribution is -2.20. The number of aliphatic hydroxyl groups is 1. The highest BCUT2D eigenvalue weighted by Gasteiger charge is 2.15. The molecule has 16 heavy (non-hydrogen) atoms. The first-order valence-corrected chi connectivity index (χ1v) is 6.00. The molecule has 88 valence electrons. The zero-order chi connectivity index (χ0) is 11.5. The van der Waals surface area contributed by atoms with Crippen LogP contribution in [0.3, 0.4) is 0 Å². The molecule has 0 aliphatic carbocycles. The van der Waals surface area contributed by atoms with Crippen LogP contribution in [-0.2, 0) is 13.1 Å². The van der Waals surface area contributed by atoms with Gasteiger partial charge in [-0.25, -0.2) is 0 Å². The first-order valence-electron chi connectivity index (χ1n) is 5.47. The van der Waals surface area contributed by atoms with Crippen LogP contribution in [0, 0.1) is 0 Å². The van der Waals surface area contributed by atoms with Crippen LogP contribution in [0.25, 0.3) is 0 Å². The zero-order valence-corrected chi connectivity index (χ0v) is 10.2. The van der Waals surface area contributed by atoms with Gasteiger partial charge < -0.3 is 10.4 Å². The largest absolute Gasteiger partial charge is 0.390 e. The Morgan fingerprint density at radius 1 is 1.44 bits per heavy atom. The average Bonchev–Trinajstić information content (AvgIpc) is 2.65. The normalized spacial score (nSPS) is 17.2. The summed E-state index contributed by atoms with van der Waals surface area (Å²) in [5, 5.41) is 12.5. The van der Waals surface area contributed by atoms with Crippen molar-refractivity contribution in [3.8, 4) is 0 Å². The third-order valence-corrected chi connectivity index (χ3v) is 3.16. The molecule has 0 fully saturated rings. The van der Waals surface area contributed by atoms with E-state index in [0.29, 0.717) is 6.54 Å². The van der Waals surface area contributed by atoms with Gasteiger partial charge in [-0.2, -0.15) is 0 Å². The molecular formula is C12H17ClN2O. The molecule has 1 aromatic carbocycles. The van der Waals surface area contributed by atoms with Crippen LogP contribution in [0.5, 0.6) is 0 Å². The van der Waals surface area contributed by atoms with Crippen molar-refractivity contribution in [2.24, 2.45) is 0 Å². The molecule has 3 nitrogen and oxygen atoms in total. The molecule has 2 N–H and O–H groups in total. The number of nitrogens with one attached hydrogen (secondary N) is 1. The fourth-order valence-electron chi connectivity index (χ4n) is 1.97. The van der Waals surface area contributed by atoms with Crippen LogP contribution in [0.2, 0.25) is 0 Å². The molecule has 1 unspecified atom stereocenters. The summed E-state index contributed by atoms with van der Waals surface area (Å²) in [5.74, 6) is 0.265. The van der Waals surface area contributed by atoms with Crippen LogP contribution in [0.15, 0.2) is 18.2 Å². The predicted molar refractivity (Wildman–Crippen MR) is 66.8 cm³/mol. The van der Waals surface area contributed by atoms with Crippen molar-refractivity contribution in [1.82, 2.24) is 4.90 Å². The Morgan fingerprint density at radius 3 is 2.94 bits per heavy atom. The molecular weight excluding hydrogens is 224 g/mol. The van der Waals surface area contributed by atoms with Crippen LogP contribution in [0.4, 0.5) is 5.69 Å². The molecule has 0 spiro atoms. The molecule has 4 heteroatoms. The summed E-state index contributed by atoms with van der Waals surface area (Å²) in [6.07, 6.45) is -0.488. The smallest absolute Gasteiger partial charge is 0.0847 e. The SMILES string of the molecule is CN1Cc2ccc(NCC(O)CCl)cc2C1. The average molecular weight is 241 g/mol. The van der Waals surface area contributed by atoms with Gasteiger partial charge in [0.15, 0.2) is 0 Å². The van der Waals surface area contributed by atoms with Crippen LogP contribution in [0.1, 0.15) is 11.1 Å². The fourth-order valence-corrected chi connectivity index (χ4v) is 2.07. The Bertz CT molecular complexity index is 370. The lowest BCUT2D eigenvalue weighted by atomic mass is 10.1. The quantitative estimate of drug-likeness (QED) is 0.786. The summed E-state index contributed by atoms with van der Waals surface area (Å²) in [7, 11) is 2.12. The van der Waals surface area contributed by atoms with Crippen molar-refractivity contribution in [2.75, 3.05) is 24.8 Å². The lowest BCUT2D eigenvalue weighted by molar-refractivity contribution is 0.211. The molecule has 0 aromatic heterocycles. The van der Waals surface area contributed by atoms with E-state index in [1.807, 2.05) is 0 Å². The molecule has 0 saturated carbocycles. The number of halogens is 1. The van der Waals surface area contributed by atoms with Gasteiger partial charge in [0.25, 0.3) is 0 Å². The molecule has 1 atom stereocenters. The molecule has 1 heterocycles. The standard InChI is InChI=1S/C12H17ClN2O/c1-15-7-9-2-3-11(4-10(9)8-15)14-6-12(16)5-13/h2-4,12,14,16H,5-8H2,1H3. The van der Waals surface area contributed by atoms with E-state index in [1.54, 1.807) is 0 Å². The maximum absolute atomic E-state index is 9.35. The highest BCUT2D eigenvalue weighted by atomic mass is 35.5. The Balaban J connectivity index is 2.00. The number of anilines is 1. The van der Waals surface area contributed by atoms with Gasteiger partial charge in [0.05, 0.1) is 12.0 Å². The summed E-state index contributed by atoms with van der Waals surface area (Å²) in [5.41, 5.74) is 3.82. The van der Waals surface area contributed by atoms with Crippen molar-refractivity contribution < 1.29 is 5.11 Å². The van der Waals surface area contributed by atoms with E-state index >= 15 is 0 Å². The van der Waals surface area contributed by atoms with E-state index in [4.69, 9.17) is 11.6 Å². The fraction of sp³-hybridized carbons (Fsp3) is 0.500. The van der Waals surface area contributed by atoms with Crippen molar-refractivity contribution in [3.63, 3.8) is 0 Å². The molecule has 0 saturated heterocycles. The van der Waals surface area contributed by atoms with Crippen molar-refractivity contribution in [2.45, 2.75) is 19.2 Å². The van der Waals surface area contributed by atoms with Crippen molar-refractivity contribution in [1.29, 1.82) is 0 Å². The van der Waals surface area contributed by atoms with E-state index in [-0.39, 0.29) is 5.88 Å². The number of aliphatic hydroxyl groups excluding tert-OH is 1. The van der Waals surface area contributed by atoms with Gasteiger partial charge in [-0.15, -0.1) is 11.6 Å². The predicted octanol–water partition coefficient (Wildman–Crippen LogP) is 1.64. The summed E-state index contributed by atoms with van der Waals surface area (Å²) >= 11 is 5.53. The van der Waals surface area contributed by atoms with Crippen LogP contribution < -0.4 is 5.32 Å². The summed E-state index contributed by atoms with van der Waals surface area (Å²) < 4.78 is 0. The Kier molecular flexibility index (Phi) is 3.69. The first kappa shape index (κ1) is 11.7. The number of hydrogen-bond acceptors (Lipinski definition) is 3. The molecule has 0 bridgehead atoms. The number of nitrogens with zero attached hydrogens (tertiary/aromatic N) is 1. The second-order valence-electron chi connectivity index (χ2n) is 4.34. The number of rotatable bonds is 4. The lowest BCUT2D eigenvalue weighted by Gasteiger charge is -2.10. The highest BCUT2D eigenvalue weighted by molar-refractivity contribution is 6.18. The molecule has 0 radical (unpaired) electrons. The number of fused-ring (bicyclic) bond motifs is 1. The van der Waals surface area contributed by atoms with Gasteiger partial charge in [-0.05, 0) is 30.3 Å². The zero-order valence-electron chi connectivity index (χ0n) is 9.41. The second-order valence-corrected chi connectivity index (χ2v) is 4.65. The highest BCUT2D eigenvalue weighted by Crippen LogP contribution is 2.24. The second kappa shape index (κ2) is 5.04. The molecule has 1 aliphatic heterocycles. The first-order chi connectivity index (χ1) is 7.69. The summed E-state index contributed by atoms with van der Waals surface area (Å²) in [4.78, 5) is 2.28. The molecule has 0 amide bonds. The van der Waals surface area contributed by atoms with Crippen molar-refractivity contribution in [3.05, 3.63) is 29.3 Å². The number of alkyl halides is 1. The number of benzene rings is 1. The minimum atomic E-state index is -0.488. The van der Waals surface area contributed by atoms with Crippen LogP contribution in [-0.4, -0.2) is 35.6 Å². The summed E-state index contributed by atoms with van der Waals surface area (Å²) in [6, 6.07) is 6.35. The topological polar surface area (TPSA) is 35.5 Å². The number of hydrogen-bond donors (Lipinski definition) is 2. The minimum absolute atomic E-state index is 0.265. The molecule has 2 rings (SSSR count). The van der Waals surface area contributed by atoms with Crippen molar-refractivity contribution >= 4 is 17.3 Å². The van der Waals surface area contributed by atoms with E-state index < -0.39 is 6.10 Å². The maximum Gasteiger partial charge on any atom is 0.0847 e. The third-order valence-electron chi connectivity index (χ3n) is 2.81. The third kappa shape index (κ3) is 2.67. The Labute approximate surface area is 101 Å². The van der Waals surface area contributed by atoms with E-state index in [1.165, 1.54) is 11.1 Å². The maximum atomic E-state index is 9.35. The Morgan fingerprint density at radius 2 is 2.19 bits per heavy atom. The van der Waals surface area contributed by atoms with E-state index in [0.717, 1.165) is 18.8 Å². The van der Waals surface area contributed by atoms with Gasteiger partial charge in [0, 0.05) is 25.3 Å². The minimum Gasteiger partial charge on any atom is -0.390 e. The van der Waals surface area contributed by atoms with E-state index in [2.05, 4.69) is 35.5 Å². The van der Waals surface area contributed by atoms with Crippen LogP contribution >= 0.6 is 11.6 Å². The summed E-state index contributed by atoms with van der Waals surface area (Å²) in [6.45, 7) is 2.53.